The standard InChI is InChI=1S/C28H27ClN4O2/c1-3-13-35-19-9-10-21-24(14-19)31-27(22(15-30)26(21)20-7-5-6-8-23(20)29)32-12-11-28(16-32)17-33(18-28)25(34)4-2/h4-10,14H,2-3,11-13,16-18H2,1H3. The third kappa shape index (κ3) is 4.11. The number of likely N-dealkylation sites (tertiary alicyclic amines) is 1. The fraction of sp³-hybridized carbons (Fsp3) is 0.321. The Hall–Kier alpha value is -3.56. The number of pyridine rings is 1. The monoisotopic (exact) mass is 486 g/mol. The molecule has 5 rings (SSSR count). The van der Waals surface area contributed by atoms with E-state index in [9.17, 15) is 10.1 Å². The number of hydrogen-bond donors (Lipinski definition) is 0. The predicted molar refractivity (Wildman–Crippen MR) is 139 cm³/mol. The second kappa shape index (κ2) is 9.24. The van der Waals surface area contributed by atoms with Gasteiger partial charge < -0.3 is 14.5 Å². The van der Waals surface area contributed by atoms with Gasteiger partial charge in [-0.1, -0.05) is 43.3 Å². The van der Waals surface area contributed by atoms with E-state index >= 15 is 0 Å². The van der Waals surface area contributed by atoms with Gasteiger partial charge in [0.25, 0.3) is 0 Å². The lowest BCUT2D eigenvalue weighted by atomic mass is 9.79. The van der Waals surface area contributed by atoms with Crippen molar-refractivity contribution in [1.82, 2.24) is 9.88 Å². The van der Waals surface area contributed by atoms with Gasteiger partial charge in [-0.15, -0.1) is 0 Å². The van der Waals surface area contributed by atoms with E-state index in [1.807, 2.05) is 47.4 Å². The van der Waals surface area contributed by atoms with E-state index in [2.05, 4.69) is 24.5 Å². The SMILES string of the molecule is C=CC(=O)N1CC2(CCN(c3nc4cc(OCCC)ccc4c(-c4ccccc4Cl)c3C#N)C2)C1. The predicted octanol–water partition coefficient (Wildman–Crippen LogP) is 5.44. The summed E-state index contributed by atoms with van der Waals surface area (Å²) in [5, 5.41) is 11.8. The number of aromatic nitrogens is 1. The topological polar surface area (TPSA) is 69.5 Å². The van der Waals surface area contributed by atoms with Crippen molar-refractivity contribution in [3.05, 3.63) is 65.7 Å². The van der Waals surface area contributed by atoms with Gasteiger partial charge in [0.15, 0.2) is 0 Å². The van der Waals surface area contributed by atoms with Crippen molar-refractivity contribution in [3.63, 3.8) is 0 Å². The highest BCUT2D eigenvalue weighted by molar-refractivity contribution is 6.34. The summed E-state index contributed by atoms with van der Waals surface area (Å²) in [5.41, 5.74) is 2.91. The van der Waals surface area contributed by atoms with E-state index in [0.717, 1.165) is 53.7 Å². The number of benzene rings is 2. The van der Waals surface area contributed by atoms with Gasteiger partial charge in [-0.3, -0.25) is 4.79 Å². The van der Waals surface area contributed by atoms with E-state index in [4.69, 9.17) is 21.3 Å². The van der Waals surface area contributed by atoms with Crippen molar-refractivity contribution in [2.45, 2.75) is 19.8 Å². The summed E-state index contributed by atoms with van der Waals surface area (Å²) in [5.74, 6) is 1.38. The number of hydrogen-bond acceptors (Lipinski definition) is 5. The molecule has 1 aromatic heterocycles. The van der Waals surface area contributed by atoms with Crippen molar-refractivity contribution in [2.24, 2.45) is 5.41 Å². The summed E-state index contributed by atoms with van der Waals surface area (Å²) < 4.78 is 5.87. The molecule has 2 aliphatic rings. The molecule has 35 heavy (non-hydrogen) atoms. The van der Waals surface area contributed by atoms with Crippen LogP contribution in [-0.2, 0) is 4.79 Å². The molecule has 2 fully saturated rings. The third-order valence-corrected chi connectivity index (χ3v) is 7.27. The summed E-state index contributed by atoms with van der Waals surface area (Å²) in [6.45, 7) is 9.22. The minimum Gasteiger partial charge on any atom is -0.494 e. The first-order valence-corrected chi connectivity index (χ1v) is 12.3. The highest BCUT2D eigenvalue weighted by Crippen LogP contribution is 2.45. The Bertz CT molecular complexity index is 1360. The summed E-state index contributed by atoms with van der Waals surface area (Å²) in [6, 6.07) is 15.9. The van der Waals surface area contributed by atoms with Crippen LogP contribution in [-0.4, -0.2) is 48.6 Å². The van der Waals surface area contributed by atoms with E-state index < -0.39 is 0 Å². The van der Waals surface area contributed by atoms with Crippen molar-refractivity contribution in [2.75, 3.05) is 37.7 Å². The molecule has 0 unspecified atom stereocenters. The maximum absolute atomic E-state index is 12.0. The average molecular weight is 487 g/mol. The number of halogens is 1. The number of anilines is 1. The zero-order chi connectivity index (χ0) is 24.6. The third-order valence-electron chi connectivity index (χ3n) is 6.94. The Morgan fingerprint density at radius 3 is 2.80 bits per heavy atom. The Labute approximate surface area is 210 Å². The van der Waals surface area contributed by atoms with Gasteiger partial charge in [-0.05, 0) is 37.1 Å². The molecule has 178 valence electrons. The van der Waals surface area contributed by atoms with Crippen LogP contribution in [0.2, 0.25) is 5.02 Å². The lowest BCUT2D eigenvalue weighted by Crippen LogP contribution is -2.59. The van der Waals surface area contributed by atoms with Crippen LogP contribution < -0.4 is 9.64 Å². The van der Waals surface area contributed by atoms with Gasteiger partial charge in [-0.2, -0.15) is 5.26 Å². The number of amides is 1. The number of nitrogens with zero attached hydrogens (tertiary/aromatic N) is 4. The van der Waals surface area contributed by atoms with E-state index in [1.54, 1.807) is 0 Å². The number of carbonyl (C=O) groups is 1. The van der Waals surface area contributed by atoms with Crippen molar-refractivity contribution >= 4 is 34.2 Å². The van der Waals surface area contributed by atoms with E-state index in [1.165, 1.54) is 6.08 Å². The first kappa shape index (κ1) is 23.2. The van der Waals surface area contributed by atoms with E-state index in [0.29, 0.717) is 36.1 Å². The lowest BCUT2D eigenvalue weighted by molar-refractivity contribution is -0.136. The molecule has 2 saturated heterocycles. The van der Waals surface area contributed by atoms with Crippen molar-refractivity contribution in [1.29, 1.82) is 5.26 Å². The zero-order valence-electron chi connectivity index (χ0n) is 19.8. The number of carbonyl (C=O) groups excluding carboxylic acids is 1. The van der Waals surface area contributed by atoms with Crippen LogP contribution in [0.25, 0.3) is 22.0 Å². The Morgan fingerprint density at radius 2 is 2.09 bits per heavy atom. The number of ether oxygens (including phenoxy) is 1. The molecule has 0 atom stereocenters. The molecule has 2 aliphatic heterocycles. The highest BCUT2D eigenvalue weighted by atomic mass is 35.5. The molecule has 1 spiro atoms. The summed E-state index contributed by atoms with van der Waals surface area (Å²) in [7, 11) is 0. The van der Waals surface area contributed by atoms with Gasteiger partial charge in [0, 0.05) is 59.2 Å². The Balaban J connectivity index is 1.61. The normalized spacial score (nSPS) is 16.3. The minimum atomic E-state index is -0.0313. The molecular weight excluding hydrogens is 460 g/mol. The Morgan fingerprint density at radius 1 is 1.29 bits per heavy atom. The Kier molecular flexibility index (Phi) is 6.12. The smallest absolute Gasteiger partial charge is 0.245 e. The molecule has 3 heterocycles. The maximum Gasteiger partial charge on any atom is 0.245 e. The molecule has 0 saturated carbocycles. The van der Waals surface area contributed by atoms with Crippen LogP contribution in [0, 0.1) is 16.7 Å². The zero-order valence-corrected chi connectivity index (χ0v) is 20.5. The van der Waals surface area contributed by atoms with Crippen LogP contribution in [0.3, 0.4) is 0 Å². The van der Waals surface area contributed by atoms with Gasteiger partial charge >= 0.3 is 0 Å². The van der Waals surface area contributed by atoms with Crippen LogP contribution in [0.15, 0.2) is 55.1 Å². The molecule has 0 radical (unpaired) electrons. The molecule has 1 amide bonds. The molecule has 7 heteroatoms. The minimum absolute atomic E-state index is 0.0265. The molecule has 0 N–H and O–H groups in total. The second-order valence-corrected chi connectivity index (χ2v) is 9.78. The first-order chi connectivity index (χ1) is 17.0. The van der Waals surface area contributed by atoms with Gasteiger partial charge in [-0.25, -0.2) is 4.98 Å². The number of nitriles is 1. The highest BCUT2D eigenvalue weighted by Gasteiger charge is 2.49. The van der Waals surface area contributed by atoms with Crippen LogP contribution in [0.4, 0.5) is 5.82 Å². The molecule has 0 aliphatic carbocycles. The van der Waals surface area contributed by atoms with E-state index in [-0.39, 0.29) is 11.3 Å². The summed E-state index contributed by atoms with van der Waals surface area (Å²) in [6.07, 6.45) is 3.22. The lowest BCUT2D eigenvalue weighted by Gasteiger charge is -2.47. The fourth-order valence-corrected chi connectivity index (χ4v) is 5.47. The van der Waals surface area contributed by atoms with Gasteiger partial charge in [0.2, 0.25) is 5.91 Å². The van der Waals surface area contributed by atoms with Crippen LogP contribution >= 0.6 is 11.6 Å². The quantitative estimate of drug-likeness (QED) is 0.434. The molecule has 0 bridgehead atoms. The molecular formula is C28H27ClN4O2. The van der Waals surface area contributed by atoms with Gasteiger partial charge in [0.05, 0.1) is 12.1 Å². The maximum atomic E-state index is 12.0. The summed E-state index contributed by atoms with van der Waals surface area (Å²) >= 11 is 6.62. The number of fused-ring (bicyclic) bond motifs is 1. The second-order valence-electron chi connectivity index (χ2n) is 9.37. The fourth-order valence-electron chi connectivity index (χ4n) is 5.24. The van der Waals surface area contributed by atoms with Crippen LogP contribution in [0.5, 0.6) is 5.75 Å². The van der Waals surface area contributed by atoms with Gasteiger partial charge in [0.1, 0.15) is 23.2 Å². The first-order valence-electron chi connectivity index (χ1n) is 11.9. The summed E-state index contributed by atoms with van der Waals surface area (Å²) in [4.78, 5) is 21.0. The molecule has 3 aromatic rings. The van der Waals surface area contributed by atoms with Crippen LogP contribution in [0.1, 0.15) is 25.3 Å². The van der Waals surface area contributed by atoms with Crippen molar-refractivity contribution < 1.29 is 9.53 Å². The number of rotatable bonds is 6. The van der Waals surface area contributed by atoms with Crippen molar-refractivity contribution in [3.8, 4) is 22.9 Å². The molecule has 6 nitrogen and oxygen atoms in total. The largest absolute Gasteiger partial charge is 0.494 e. The molecule has 2 aromatic carbocycles. The average Bonchev–Trinajstić information content (AvgIpc) is 3.31.